The standard InChI is InChI=1S/C23H45NO.C10H19NO.ClH.HI.2H3N/c1-5-7-8-9-10-11-12-13-14-15-16-17-19-21(4)22(23(24)25)20(3)18-6-2;1-5-6-7-8(9(11)12)10(2,3)4;;;;/h21H,5-19H2,1-4H3,(H2,24,25);7H,5-6H2,1-4H3,(H2,11,12);2*1H;2*1H3. The second-order valence-electron chi connectivity index (χ2n) is 11.9. The number of allylic oxidation sites excluding steroid dienone is 2. The number of halogens is 2. The Morgan fingerprint density at radius 1 is 0.707 bits per heavy atom. The van der Waals surface area contributed by atoms with E-state index in [0.29, 0.717) is 5.92 Å². The Bertz CT molecular complexity index is 677. The fourth-order valence-corrected chi connectivity index (χ4v) is 4.88. The molecule has 0 saturated heterocycles. The summed E-state index contributed by atoms with van der Waals surface area (Å²) in [5.41, 5.74) is 13.6. The third kappa shape index (κ3) is 30.6. The highest BCUT2D eigenvalue weighted by atomic mass is 127. The van der Waals surface area contributed by atoms with Crippen molar-refractivity contribution >= 4 is 11.8 Å². The van der Waals surface area contributed by atoms with E-state index in [0.717, 1.165) is 43.3 Å². The van der Waals surface area contributed by atoms with Crippen molar-refractivity contribution in [2.24, 2.45) is 22.8 Å². The zero-order valence-electron chi connectivity index (χ0n) is 28.9. The zero-order chi connectivity index (χ0) is 28.7. The summed E-state index contributed by atoms with van der Waals surface area (Å²) in [7, 11) is 0. The summed E-state index contributed by atoms with van der Waals surface area (Å²) in [6, 6.07) is 0. The molecule has 0 bridgehead atoms. The van der Waals surface area contributed by atoms with Crippen LogP contribution in [0.4, 0.5) is 0 Å². The number of rotatable bonds is 20. The smallest absolute Gasteiger partial charge is 0.244 e. The van der Waals surface area contributed by atoms with Crippen molar-refractivity contribution < 1.29 is 46.0 Å². The van der Waals surface area contributed by atoms with Gasteiger partial charge in [-0.25, -0.2) is 0 Å². The highest BCUT2D eigenvalue weighted by Crippen LogP contribution is 2.25. The van der Waals surface area contributed by atoms with Crippen molar-refractivity contribution in [3.8, 4) is 0 Å². The first-order valence-electron chi connectivity index (χ1n) is 15.4. The number of primary amides is 2. The predicted molar refractivity (Wildman–Crippen MR) is 175 cm³/mol. The number of nitrogens with two attached hydrogens (primary N) is 2. The van der Waals surface area contributed by atoms with Crippen LogP contribution in [0.1, 0.15) is 165 Å². The Morgan fingerprint density at radius 2 is 1.12 bits per heavy atom. The molecule has 41 heavy (non-hydrogen) atoms. The number of carbonyl (C=O) groups is 2. The second kappa shape index (κ2) is 33.9. The Kier molecular flexibility index (Phi) is 43.7. The molecule has 0 spiro atoms. The number of amides is 2. The average Bonchev–Trinajstić information content (AvgIpc) is 2.79. The second-order valence-corrected chi connectivity index (χ2v) is 11.9. The molecular weight excluding hydrogens is 647 g/mol. The number of carbonyl (C=O) groups excluding carboxylic acids is 2. The highest BCUT2D eigenvalue weighted by Gasteiger charge is 2.20. The molecule has 0 fully saturated rings. The molecule has 0 heterocycles. The molecule has 6 nitrogen and oxygen atoms in total. The normalized spacial score (nSPS) is 12.1. The molecule has 0 saturated carbocycles. The van der Waals surface area contributed by atoms with Crippen LogP contribution in [0.3, 0.4) is 0 Å². The molecule has 0 aromatic carbocycles. The van der Waals surface area contributed by atoms with Crippen molar-refractivity contribution in [3.05, 3.63) is 22.8 Å². The number of quaternary nitrogens is 2. The molecule has 0 aromatic heterocycles. The topological polar surface area (TPSA) is 159 Å². The predicted octanol–water partition coefficient (Wildman–Crippen LogP) is 4.32. The van der Waals surface area contributed by atoms with Crippen LogP contribution >= 0.6 is 0 Å². The third-order valence-corrected chi connectivity index (χ3v) is 7.04. The quantitative estimate of drug-likeness (QED) is 0.0840. The first kappa shape index (κ1) is 53.0. The van der Waals surface area contributed by atoms with Gasteiger partial charge in [0.2, 0.25) is 11.8 Å². The lowest BCUT2D eigenvalue weighted by Crippen LogP contribution is -3.00. The first-order valence-corrected chi connectivity index (χ1v) is 15.4. The van der Waals surface area contributed by atoms with E-state index in [1.165, 1.54) is 82.6 Å². The van der Waals surface area contributed by atoms with Gasteiger partial charge in [0.1, 0.15) is 0 Å². The Hall–Kier alpha value is -0.640. The maximum atomic E-state index is 11.7. The zero-order valence-corrected chi connectivity index (χ0v) is 31.8. The molecule has 2 amide bonds. The molecule has 0 aliphatic rings. The van der Waals surface area contributed by atoms with Crippen molar-refractivity contribution in [2.45, 2.75) is 165 Å². The van der Waals surface area contributed by atoms with Crippen LogP contribution in [0.15, 0.2) is 22.8 Å². The van der Waals surface area contributed by atoms with Gasteiger partial charge in [0.15, 0.2) is 0 Å². The van der Waals surface area contributed by atoms with Gasteiger partial charge in [-0.2, -0.15) is 0 Å². The van der Waals surface area contributed by atoms with Crippen molar-refractivity contribution in [1.29, 1.82) is 0 Å². The lowest BCUT2D eigenvalue weighted by molar-refractivity contribution is -0.116. The van der Waals surface area contributed by atoms with Gasteiger partial charge in [0.05, 0.1) is 0 Å². The summed E-state index contributed by atoms with van der Waals surface area (Å²) in [4.78, 5) is 22.7. The average molecular weight is 719 g/mol. The summed E-state index contributed by atoms with van der Waals surface area (Å²) < 4.78 is 0. The molecule has 1 unspecified atom stereocenters. The van der Waals surface area contributed by atoms with Gasteiger partial charge in [-0.3, -0.25) is 9.59 Å². The molecule has 0 radical (unpaired) electrons. The van der Waals surface area contributed by atoms with E-state index in [4.69, 9.17) is 11.5 Å². The molecule has 1 atom stereocenters. The van der Waals surface area contributed by atoms with Crippen LogP contribution in [0, 0.1) is 11.3 Å². The van der Waals surface area contributed by atoms with Crippen molar-refractivity contribution in [1.82, 2.24) is 12.3 Å². The molecule has 8 heteroatoms. The number of unbranched alkanes of at least 4 members (excludes halogenated alkanes) is 12. The lowest BCUT2D eigenvalue weighted by atomic mass is 9.85. The van der Waals surface area contributed by atoms with Gasteiger partial charge in [0, 0.05) is 11.1 Å². The van der Waals surface area contributed by atoms with Gasteiger partial charge in [-0.05, 0) is 37.5 Å². The Balaban J connectivity index is -0.000000164. The minimum Gasteiger partial charge on any atom is -1.00 e. The summed E-state index contributed by atoms with van der Waals surface area (Å²) in [6.07, 6.45) is 23.6. The van der Waals surface area contributed by atoms with Gasteiger partial charge < -0.3 is 60.2 Å². The number of hydrogen-bond donors (Lipinski definition) is 4. The fraction of sp³-hybridized carbons (Fsp3) is 0.818. The van der Waals surface area contributed by atoms with Crippen molar-refractivity contribution in [3.63, 3.8) is 0 Å². The summed E-state index contributed by atoms with van der Waals surface area (Å²) in [5, 5.41) is 0. The SMILES string of the molecule is CCCC=C(C(N)=O)C(C)(C)C.CCCCCCCCCCCCCCC(C)C(C(N)=O)=C(C)CCC.[Cl-].[I-].[NH4+].[NH4+]. The van der Waals surface area contributed by atoms with Crippen LogP contribution in [0.25, 0.3) is 0 Å². The van der Waals surface area contributed by atoms with E-state index < -0.39 is 0 Å². The van der Waals surface area contributed by atoms with Gasteiger partial charge >= 0.3 is 0 Å². The summed E-state index contributed by atoms with van der Waals surface area (Å²) >= 11 is 0. The van der Waals surface area contributed by atoms with E-state index in [1.54, 1.807) is 0 Å². The van der Waals surface area contributed by atoms with Gasteiger partial charge in [0.25, 0.3) is 0 Å². The van der Waals surface area contributed by atoms with E-state index in [9.17, 15) is 9.59 Å². The molecule has 0 aliphatic heterocycles. The van der Waals surface area contributed by atoms with Crippen LogP contribution in [-0.4, -0.2) is 11.8 Å². The van der Waals surface area contributed by atoms with Crippen molar-refractivity contribution in [2.75, 3.05) is 0 Å². The fourth-order valence-electron chi connectivity index (χ4n) is 4.88. The summed E-state index contributed by atoms with van der Waals surface area (Å²) in [6.45, 7) is 16.7. The monoisotopic (exact) mass is 718 g/mol. The Morgan fingerprint density at radius 3 is 1.44 bits per heavy atom. The van der Waals surface area contributed by atoms with Gasteiger partial charge in [-0.1, -0.05) is 150 Å². The van der Waals surface area contributed by atoms with Crippen LogP contribution in [0.5, 0.6) is 0 Å². The van der Waals surface area contributed by atoms with Crippen LogP contribution < -0.4 is 60.2 Å². The van der Waals surface area contributed by atoms with Crippen LogP contribution in [0.2, 0.25) is 0 Å². The minimum absolute atomic E-state index is 0. The summed E-state index contributed by atoms with van der Waals surface area (Å²) in [5.74, 6) is -0.194. The maximum absolute atomic E-state index is 11.7. The highest BCUT2D eigenvalue weighted by molar-refractivity contribution is 5.93. The minimum atomic E-state index is -0.295. The first-order chi connectivity index (χ1) is 17.4. The molecule has 0 rings (SSSR count). The lowest BCUT2D eigenvalue weighted by Gasteiger charge is -2.20. The molecular formula is C33H72ClIN4O2. The Labute approximate surface area is 279 Å². The molecule has 0 aliphatic carbocycles. The van der Waals surface area contributed by atoms with E-state index in [2.05, 4.69) is 34.6 Å². The number of hydrogen-bond acceptors (Lipinski definition) is 2. The van der Waals surface area contributed by atoms with E-state index in [-0.39, 0.29) is 65.9 Å². The largest absolute Gasteiger partial charge is 1.00 e. The van der Waals surface area contributed by atoms with Gasteiger partial charge in [-0.15, -0.1) is 0 Å². The van der Waals surface area contributed by atoms with E-state index >= 15 is 0 Å². The third-order valence-electron chi connectivity index (χ3n) is 7.04. The molecule has 12 N–H and O–H groups in total. The van der Waals surface area contributed by atoms with Crippen LogP contribution in [-0.2, 0) is 9.59 Å². The molecule has 250 valence electrons. The molecule has 0 aromatic rings. The van der Waals surface area contributed by atoms with E-state index in [1.807, 2.05) is 26.8 Å². The maximum Gasteiger partial charge on any atom is 0.244 e.